The van der Waals surface area contributed by atoms with Gasteiger partial charge in [0, 0.05) is 58.1 Å². The Balaban J connectivity index is 2.21. The van der Waals surface area contributed by atoms with E-state index in [1.54, 1.807) is 62.6 Å². The molecule has 1 heterocycles. The molecule has 38 heavy (non-hydrogen) atoms. The third kappa shape index (κ3) is 7.57. The quantitative estimate of drug-likeness (QED) is 0.240. The Hall–Kier alpha value is -2.43. The zero-order valence-corrected chi connectivity index (χ0v) is 24.4. The van der Waals surface area contributed by atoms with Crippen LogP contribution in [0.25, 0.3) is 11.1 Å². The molecule has 0 saturated carbocycles. The number of unbranched alkanes of at least 4 members (excludes halogenated alkanes) is 1. The van der Waals surface area contributed by atoms with Gasteiger partial charge in [-0.05, 0) is 60.4 Å². The monoisotopic (exact) mass is 576 g/mol. The van der Waals surface area contributed by atoms with Crippen molar-refractivity contribution in [3.8, 4) is 11.1 Å². The highest BCUT2D eigenvalue weighted by Gasteiger charge is 2.24. The maximum atomic E-state index is 13.6. The summed E-state index contributed by atoms with van der Waals surface area (Å²) in [6.45, 7) is 5.42. The number of ketones is 1. The van der Waals surface area contributed by atoms with Gasteiger partial charge in [0.2, 0.25) is 0 Å². The maximum Gasteiger partial charge on any atom is 0.250 e. The van der Waals surface area contributed by atoms with Crippen LogP contribution in [0.3, 0.4) is 0 Å². The highest BCUT2D eigenvalue weighted by molar-refractivity contribution is 7.90. The molecular weight excluding hydrogens is 544 g/mol. The summed E-state index contributed by atoms with van der Waals surface area (Å²) < 4.78 is 41.9. The van der Waals surface area contributed by atoms with Crippen molar-refractivity contribution in [1.29, 1.82) is 0 Å². The molecule has 3 aromatic rings. The van der Waals surface area contributed by atoms with Gasteiger partial charge < -0.3 is 9.12 Å². The Labute approximate surface area is 232 Å². The summed E-state index contributed by atoms with van der Waals surface area (Å²) >= 11 is 4.70. The molecule has 2 atom stereocenters. The van der Waals surface area contributed by atoms with Gasteiger partial charge in [-0.15, -0.1) is 4.72 Å². The van der Waals surface area contributed by atoms with Crippen LogP contribution in [0.15, 0.2) is 59.5 Å². The lowest BCUT2D eigenvalue weighted by Crippen LogP contribution is -2.30. The maximum absolute atomic E-state index is 13.6. The first-order chi connectivity index (χ1) is 18.0. The molecule has 1 N–H and O–H groups in total. The molecule has 0 amide bonds. The smallest absolute Gasteiger partial charge is 0.250 e. The van der Waals surface area contributed by atoms with Crippen LogP contribution in [-0.4, -0.2) is 34.8 Å². The van der Waals surface area contributed by atoms with Crippen molar-refractivity contribution in [2.75, 3.05) is 11.5 Å². The second-order valence-electron chi connectivity index (χ2n) is 9.23. The molecule has 0 saturated heterocycles. The molecule has 0 spiro atoms. The summed E-state index contributed by atoms with van der Waals surface area (Å²) in [5.41, 5.74) is 2.68. The number of aromatic nitrogens is 1. The molecule has 0 radical (unpaired) electrons. The Morgan fingerprint density at radius 3 is 2.42 bits per heavy atom. The van der Waals surface area contributed by atoms with Crippen molar-refractivity contribution < 1.29 is 17.8 Å². The minimum Gasteiger partial charge on any atom is -0.598 e. The van der Waals surface area contributed by atoms with Crippen molar-refractivity contribution in [1.82, 2.24) is 9.29 Å². The number of pyridine rings is 1. The first kappa shape index (κ1) is 30.1. The summed E-state index contributed by atoms with van der Waals surface area (Å²) in [6, 6.07) is 12.5. The van der Waals surface area contributed by atoms with E-state index in [-0.39, 0.29) is 22.8 Å². The number of benzene rings is 2. The lowest BCUT2D eigenvalue weighted by molar-refractivity contribution is 0.103. The second-order valence-corrected chi connectivity index (χ2v) is 13.4. The number of carbonyl (C=O) groups is 1. The van der Waals surface area contributed by atoms with Gasteiger partial charge in [0.05, 0.1) is 11.8 Å². The number of sulfone groups is 1. The van der Waals surface area contributed by atoms with E-state index in [2.05, 4.69) is 4.72 Å². The molecule has 2 aromatic carbocycles. The van der Waals surface area contributed by atoms with Crippen LogP contribution in [0.1, 0.15) is 66.7 Å². The topological polar surface area (TPSA) is 108 Å². The van der Waals surface area contributed by atoms with Crippen LogP contribution in [0.4, 0.5) is 0 Å². The number of nitrogens with one attached hydrogen (secondary N) is 1. The Bertz CT molecular complexity index is 1450. The normalized spacial score (nSPS) is 13.3. The fourth-order valence-electron chi connectivity index (χ4n) is 4.04. The number of rotatable bonds is 12. The Morgan fingerprint density at radius 2 is 1.79 bits per heavy atom. The van der Waals surface area contributed by atoms with Crippen LogP contribution < -0.4 is 10.3 Å². The van der Waals surface area contributed by atoms with Gasteiger partial charge in [-0.1, -0.05) is 44.0 Å². The molecule has 0 aliphatic carbocycles. The molecule has 1 unspecified atom stereocenters. The van der Waals surface area contributed by atoms with E-state index in [1.165, 1.54) is 10.6 Å². The highest BCUT2D eigenvalue weighted by Crippen LogP contribution is 2.33. The van der Waals surface area contributed by atoms with Crippen molar-refractivity contribution in [2.24, 2.45) is 7.05 Å². The number of hydrogen-bond acceptors (Lipinski definition) is 6. The lowest BCUT2D eigenvalue weighted by Gasteiger charge is -2.21. The van der Waals surface area contributed by atoms with Crippen molar-refractivity contribution in [3.05, 3.63) is 92.4 Å². The van der Waals surface area contributed by atoms with Gasteiger partial charge in [0.25, 0.3) is 5.56 Å². The molecule has 204 valence electrons. The third-order valence-electron chi connectivity index (χ3n) is 6.27. The van der Waals surface area contributed by atoms with Crippen LogP contribution in [-0.2, 0) is 34.0 Å². The first-order valence-corrected chi connectivity index (χ1v) is 16.0. The van der Waals surface area contributed by atoms with Crippen molar-refractivity contribution in [2.45, 2.75) is 45.4 Å². The minimum atomic E-state index is -3.34. The summed E-state index contributed by atoms with van der Waals surface area (Å²) in [5.74, 6) is 0.0187. The molecule has 3 rings (SSSR count). The summed E-state index contributed by atoms with van der Waals surface area (Å²) in [5, 5.41) is 0.498. The largest absolute Gasteiger partial charge is 0.598 e. The van der Waals surface area contributed by atoms with Gasteiger partial charge >= 0.3 is 0 Å². The van der Waals surface area contributed by atoms with Crippen LogP contribution in [0.5, 0.6) is 0 Å². The first-order valence-electron chi connectivity index (χ1n) is 12.4. The van der Waals surface area contributed by atoms with Crippen LogP contribution >= 0.6 is 11.6 Å². The van der Waals surface area contributed by atoms with Crippen LogP contribution in [0.2, 0.25) is 5.02 Å². The summed E-state index contributed by atoms with van der Waals surface area (Å²) in [7, 11) is -1.72. The zero-order valence-electron chi connectivity index (χ0n) is 22.0. The number of carbonyl (C=O) groups excluding carboxylic acids is 1. The van der Waals surface area contributed by atoms with E-state index in [4.69, 9.17) is 11.6 Å². The Morgan fingerprint density at radius 1 is 1.11 bits per heavy atom. The van der Waals surface area contributed by atoms with Gasteiger partial charge in [-0.2, -0.15) is 0 Å². The number of hydrogen-bond donors (Lipinski definition) is 1. The molecular formula is C28H33ClN2O5S2. The molecule has 10 heteroatoms. The average molecular weight is 577 g/mol. The summed E-state index contributed by atoms with van der Waals surface area (Å²) in [6.07, 6.45) is 3.34. The zero-order chi connectivity index (χ0) is 28.0. The molecule has 1 aromatic heterocycles. The minimum absolute atomic E-state index is 0.0105. The predicted octanol–water partition coefficient (Wildman–Crippen LogP) is 4.99. The fourth-order valence-corrected chi connectivity index (χ4v) is 6.25. The van der Waals surface area contributed by atoms with Gasteiger partial charge in [0.1, 0.15) is 5.75 Å². The van der Waals surface area contributed by atoms with E-state index < -0.39 is 27.2 Å². The molecule has 7 nitrogen and oxygen atoms in total. The standard InChI is InChI=1S/C28H33ClN2O5S2/c1-5-7-14-37(34)30-19(3)24-16-27(32)31(4)17-26(24)25-15-20(18-38(35,36)6-2)8-13-23(25)28(33)21-9-11-22(29)12-10-21/h8-13,15-17,19,30H,5-7,14,18H2,1-4H3/t19-,37?/m0/s1. The second kappa shape index (κ2) is 13.1. The van der Waals surface area contributed by atoms with Gasteiger partial charge in [-0.3, -0.25) is 9.59 Å². The van der Waals surface area contributed by atoms with E-state index in [0.717, 1.165) is 12.8 Å². The molecule has 0 bridgehead atoms. The molecule has 0 fully saturated rings. The molecule has 0 aliphatic rings. The van der Waals surface area contributed by atoms with E-state index in [0.29, 0.717) is 44.2 Å². The summed E-state index contributed by atoms with van der Waals surface area (Å²) in [4.78, 5) is 26.3. The van der Waals surface area contributed by atoms with Gasteiger partial charge in [-0.25, -0.2) is 8.42 Å². The number of halogens is 1. The van der Waals surface area contributed by atoms with E-state index in [1.807, 2.05) is 13.8 Å². The SMILES string of the molecule is CCCC[S+]([O-])N[C@@H](C)c1cc(=O)n(C)cc1-c1cc(CS(=O)(=O)CC)ccc1C(=O)c1ccc(Cl)cc1. The lowest BCUT2D eigenvalue weighted by atomic mass is 9.89. The van der Waals surface area contributed by atoms with Gasteiger partial charge in [0.15, 0.2) is 15.6 Å². The Kier molecular flexibility index (Phi) is 10.4. The fraction of sp³-hybridized carbons (Fsp3) is 0.357. The number of nitrogens with zero attached hydrogens (tertiary/aromatic N) is 1. The number of aryl methyl sites for hydroxylation is 1. The highest BCUT2D eigenvalue weighted by atomic mass is 35.5. The molecule has 0 aliphatic heterocycles. The van der Waals surface area contributed by atoms with Crippen molar-refractivity contribution >= 4 is 38.6 Å². The van der Waals surface area contributed by atoms with Crippen molar-refractivity contribution in [3.63, 3.8) is 0 Å². The third-order valence-corrected chi connectivity index (χ3v) is 9.45. The van der Waals surface area contributed by atoms with Crippen LogP contribution in [0, 0.1) is 0 Å². The van der Waals surface area contributed by atoms with E-state index in [9.17, 15) is 22.6 Å². The average Bonchev–Trinajstić information content (AvgIpc) is 2.88. The predicted molar refractivity (Wildman–Crippen MR) is 155 cm³/mol. The van der Waals surface area contributed by atoms with E-state index >= 15 is 0 Å².